The Morgan fingerprint density at radius 2 is 2.00 bits per heavy atom. The molecule has 0 amide bonds. The number of nitrogens with zero attached hydrogens (tertiary/aromatic N) is 1. The highest BCUT2D eigenvalue weighted by molar-refractivity contribution is 5.84. The van der Waals surface area contributed by atoms with Crippen molar-refractivity contribution >= 4 is 10.9 Å². The molecule has 3 rings (SSSR count). The molecule has 3 heteroatoms. The normalized spacial score (nSPS) is 16.9. The number of benzene rings is 1. The van der Waals surface area contributed by atoms with E-state index in [9.17, 15) is 0 Å². The maximum absolute atomic E-state index is 5.66. The lowest BCUT2D eigenvalue weighted by Gasteiger charge is -2.22. The fourth-order valence-electron chi connectivity index (χ4n) is 3.17. The summed E-state index contributed by atoms with van der Waals surface area (Å²) < 4.78 is 7.90. The fourth-order valence-corrected chi connectivity index (χ4v) is 3.17. The van der Waals surface area contributed by atoms with Gasteiger partial charge < -0.3 is 15.0 Å². The molecule has 3 nitrogen and oxygen atoms in total. The highest BCUT2D eigenvalue weighted by atomic mass is 16.5. The van der Waals surface area contributed by atoms with Crippen molar-refractivity contribution in [3.8, 4) is 0 Å². The monoisotopic (exact) mass is 272 g/mol. The van der Waals surface area contributed by atoms with Crippen LogP contribution < -0.4 is 5.73 Å². The highest BCUT2D eigenvalue weighted by Crippen LogP contribution is 2.25. The summed E-state index contributed by atoms with van der Waals surface area (Å²) in [7, 11) is 0. The summed E-state index contributed by atoms with van der Waals surface area (Å²) in [6.07, 6.45) is 6.86. The van der Waals surface area contributed by atoms with Crippen molar-refractivity contribution in [2.24, 2.45) is 11.7 Å². The molecule has 1 aliphatic rings. The van der Waals surface area contributed by atoms with E-state index < -0.39 is 0 Å². The van der Waals surface area contributed by atoms with Gasteiger partial charge in [0.2, 0.25) is 0 Å². The number of para-hydroxylation sites is 1. The van der Waals surface area contributed by atoms with E-state index >= 15 is 0 Å². The molecule has 1 aliphatic heterocycles. The topological polar surface area (TPSA) is 40.2 Å². The first-order valence-corrected chi connectivity index (χ1v) is 7.73. The molecular formula is C17H24N2O. The number of aromatic nitrogens is 1. The molecule has 0 aliphatic carbocycles. The maximum atomic E-state index is 5.66. The van der Waals surface area contributed by atoms with Crippen molar-refractivity contribution in [3.05, 3.63) is 36.0 Å². The molecule has 0 unspecified atom stereocenters. The number of aryl methyl sites for hydroxylation is 1. The number of rotatable bonds is 5. The summed E-state index contributed by atoms with van der Waals surface area (Å²) in [6.45, 7) is 3.72. The molecule has 1 aromatic heterocycles. The minimum atomic E-state index is 0.752. The summed E-state index contributed by atoms with van der Waals surface area (Å²) >= 11 is 0. The number of ether oxygens (including phenoxy) is 1. The van der Waals surface area contributed by atoms with Gasteiger partial charge >= 0.3 is 0 Å². The summed E-state index contributed by atoms with van der Waals surface area (Å²) in [6, 6.07) is 8.74. The smallest absolute Gasteiger partial charge is 0.0483 e. The van der Waals surface area contributed by atoms with Gasteiger partial charge in [-0.2, -0.15) is 0 Å². The largest absolute Gasteiger partial charge is 0.381 e. The molecule has 0 saturated carbocycles. The molecule has 0 spiro atoms. The zero-order valence-electron chi connectivity index (χ0n) is 12.1. The molecule has 1 aromatic carbocycles. The average molecular weight is 272 g/mol. The fraction of sp³-hybridized carbons (Fsp3) is 0.529. The van der Waals surface area contributed by atoms with Crippen LogP contribution in [0.15, 0.2) is 30.5 Å². The third-order valence-electron chi connectivity index (χ3n) is 4.32. The minimum absolute atomic E-state index is 0.752. The standard InChI is InChI=1S/C17H24N2O/c18-9-3-4-15-13-19(12-14-7-10-20-11-8-14)17-6-2-1-5-16(15)17/h1-2,5-6,13-14H,3-4,7-12,18H2. The minimum Gasteiger partial charge on any atom is -0.381 e. The van der Waals surface area contributed by atoms with Gasteiger partial charge in [-0.3, -0.25) is 0 Å². The predicted octanol–water partition coefficient (Wildman–Crippen LogP) is 2.96. The van der Waals surface area contributed by atoms with Crippen molar-refractivity contribution in [3.63, 3.8) is 0 Å². The van der Waals surface area contributed by atoms with E-state index in [0.717, 1.165) is 45.1 Å². The SMILES string of the molecule is NCCCc1cn(CC2CCOCC2)c2ccccc12. The van der Waals surface area contributed by atoms with E-state index in [0.29, 0.717) is 0 Å². The van der Waals surface area contributed by atoms with Gasteiger partial charge in [0.25, 0.3) is 0 Å². The second-order valence-electron chi connectivity index (χ2n) is 5.77. The molecule has 0 bridgehead atoms. The number of nitrogens with two attached hydrogens (primary N) is 1. The van der Waals surface area contributed by atoms with Crippen LogP contribution in [0.4, 0.5) is 0 Å². The molecule has 0 radical (unpaired) electrons. The van der Waals surface area contributed by atoms with Gasteiger partial charge in [0.05, 0.1) is 0 Å². The van der Waals surface area contributed by atoms with E-state index in [1.165, 1.54) is 29.3 Å². The molecule has 1 saturated heterocycles. The Morgan fingerprint density at radius 3 is 2.80 bits per heavy atom. The van der Waals surface area contributed by atoms with Crippen LogP contribution >= 0.6 is 0 Å². The molecule has 20 heavy (non-hydrogen) atoms. The van der Waals surface area contributed by atoms with Crippen LogP contribution in [0, 0.1) is 5.92 Å². The number of hydrogen-bond acceptors (Lipinski definition) is 2. The van der Waals surface area contributed by atoms with Crippen LogP contribution in [-0.2, 0) is 17.7 Å². The second kappa shape index (κ2) is 6.42. The van der Waals surface area contributed by atoms with E-state index in [4.69, 9.17) is 10.5 Å². The molecule has 1 fully saturated rings. The van der Waals surface area contributed by atoms with Gasteiger partial charge in [-0.1, -0.05) is 18.2 Å². The molecule has 0 atom stereocenters. The van der Waals surface area contributed by atoms with Crippen LogP contribution in [0.5, 0.6) is 0 Å². The van der Waals surface area contributed by atoms with E-state index in [1.54, 1.807) is 0 Å². The van der Waals surface area contributed by atoms with Gasteiger partial charge in [0.15, 0.2) is 0 Å². The van der Waals surface area contributed by atoms with Crippen molar-refractivity contribution < 1.29 is 4.74 Å². The first-order valence-electron chi connectivity index (χ1n) is 7.73. The second-order valence-corrected chi connectivity index (χ2v) is 5.77. The summed E-state index contributed by atoms with van der Waals surface area (Å²) in [4.78, 5) is 0. The lowest BCUT2D eigenvalue weighted by molar-refractivity contribution is 0.0616. The Morgan fingerprint density at radius 1 is 1.20 bits per heavy atom. The predicted molar refractivity (Wildman–Crippen MR) is 82.9 cm³/mol. The first kappa shape index (κ1) is 13.7. The average Bonchev–Trinajstić information content (AvgIpc) is 2.85. The Balaban J connectivity index is 1.85. The van der Waals surface area contributed by atoms with Gasteiger partial charge in [-0.05, 0) is 49.8 Å². The molecule has 108 valence electrons. The number of fused-ring (bicyclic) bond motifs is 1. The van der Waals surface area contributed by atoms with E-state index in [2.05, 4.69) is 35.0 Å². The number of hydrogen-bond donors (Lipinski definition) is 1. The van der Waals surface area contributed by atoms with Gasteiger partial charge in [0, 0.05) is 36.9 Å². The van der Waals surface area contributed by atoms with E-state index in [1.807, 2.05) is 0 Å². The Hall–Kier alpha value is -1.32. The van der Waals surface area contributed by atoms with Crippen LogP contribution in [0.3, 0.4) is 0 Å². The molecule has 2 aromatic rings. The Kier molecular flexibility index (Phi) is 4.38. The van der Waals surface area contributed by atoms with Crippen molar-refractivity contribution in [1.82, 2.24) is 4.57 Å². The quantitative estimate of drug-likeness (QED) is 0.909. The first-order chi connectivity index (χ1) is 9.88. The molecule has 2 N–H and O–H groups in total. The molecular weight excluding hydrogens is 248 g/mol. The third kappa shape index (κ3) is 2.89. The summed E-state index contributed by atoms with van der Waals surface area (Å²) in [5.41, 5.74) is 8.47. The van der Waals surface area contributed by atoms with Crippen LogP contribution in [0.2, 0.25) is 0 Å². The zero-order chi connectivity index (χ0) is 13.8. The zero-order valence-corrected chi connectivity index (χ0v) is 12.1. The van der Waals surface area contributed by atoms with Gasteiger partial charge in [-0.15, -0.1) is 0 Å². The van der Waals surface area contributed by atoms with Crippen molar-refractivity contribution in [2.75, 3.05) is 19.8 Å². The van der Waals surface area contributed by atoms with Crippen LogP contribution in [-0.4, -0.2) is 24.3 Å². The van der Waals surface area contributed by atoms with Gasteiger partial charge in [0.1, 0.15) is 0 Å². The van der Waals surface area contributed by atoms with Gasteiger partial charge in [-0.25, -0.2) is 0 Å². The van der Waals surface area contributed by atoms with Crippen LogP contribution in [0.1, 0.15) is 24.8 Å². The lowest BCUT2D eigenvalue weighted by atomic mass is 10.0. The van der Waals surface area contributed by atoms with E-state index in [-0.39, 0.29) is 0 Å². The lowest BCUT2D eigenvalue weighted by Crippen LogP contribution is -2.20. The Bertz CT molecular complexity index is 555. The van der Waals surface area contributed by atoms with Crippen molar-refractivity contribution in [2.45, 2.75) is 32.2 Å². The summed E-state index contributed by atoms with van der Waals surface area (Å²) in [5, 5.41) is 1.40. The maximum Gasteiger partial charge on any atom is 0.0483 e. The highest BCUT2D eigenvalue weighted by Gasteiger charge is 2.16. The van der Waals surface area contributed by atoms with Crippen molar-refractivity contribution in [1.29, 1.82) is 0 Å². The Labute approximate surface area is 120 Å². The summed E-state index contributed by atoms with van der Waals surface area (Å²) in [5.74, 6) is 0.752. The third-order valence-corrected chi connectivity index (χ3v) is 4.32. The van der Waals surface area contributed by atoms with Crippen LogP contribution in [0.25, 0.3) is 10.9 Å². The molecule has 2 heterocycles.